The molecule has 0 aliphatic carbocycles. The molecule has 0 radical (unpaired) electrons. The fourth-order valence-electron chi connectivity index (χ4n) is 4.11. The first-order chi connectivity index (χ1) is 14.2. The number of rotatable bonds is 4. The van der Waals surface area contributed by atoms with Crippen molar-refractivity contribution in [3.63, 3.8) is 0 Å². The second-order valence-corrected chi connectivity index (χ2v) is 7.96. The van der Waals surface area contributed by atoms with Crippen molar-refractivity contribution in [1.29, 1.82) is 0 Å². The van der Waals surface area contributed by atoms with Gasteiger partial charge in [-0.15, -0.1) is 0 Å². The molecule has 0 saturated carbocycles. The number of ether oxygens (including phenoxy) is 2. The molecule has 8 heteroatoms. The van der Waals surface area contributed by atoms with Crippen molar-refractivity contribution in [2.45, 2.75) is 6.54 Å². The predicted octanol–water partition coefficient (Wildman–Crippen LogP) is 1.28. The maximum atomic E-state index is 5.50. The first-order valence-electron chi connectivity index (χ1n) is 10.4. The van der Waals surface area contributed by atoms with Crippen LogP contribution in [0.3, 0.4) is 0 Å². The van der Waals surface area contributed by atoms with Crippen LogP contribution < -0.4 is 19.3 Å². The van der Waals surface area contributed by atoms with Crippen LogP contribution in [0.2, 0.25) is 0 Å². The predicted molar refractivity (Wildman–Crippen MR) is 112 cm³/mol. The lowest BCUT2D eigenvalue weighted by Crippen LogP contribution is -2.47. The maximum absolute atomic E-state index is 5.50. The average Bonchev–Trinajstić information content (AvgIpc) is 3.23. The van der Waals surface area contributed by atoms with Gasteiger partial charge >= 0.3 is 0 Å². The van der Waals surface area contributed by atoms with Crippen LogP contribution in [-0.4, -0.2) is 86.0 Å². The van der Waals surface area contributed by atoms with E-state index in [1.165, 1.54) is 5.56 Å². The van der Waals surface area contributed by atoms with Crippen LogP contribution in [0.5, 0.6) is 11.5 Å². The minimum absolute atomic E-state index is 0.326. The Hall–Kier alpha value is -2.58. The summed E-state index contributed by atoms with van der Waals surface area (Å²) in [7, 11) is 2.16. The van der Waals surface area contributed by atoms with Crippen molar-refractivity contribution in [3.8, 4) is 11.5 Å². The van der Waals surface area contributed by atoms with Gasteiger partial charge in [0.15, 0.2) is 11.5 Å². The molecule has 0 atom stereocenters. The average molecular weight is 396 g/mol. The highest BCUT2D eigenvalue weighted by Crippen LogP contribution is 2.33. The lowest BCUT2D eigenvalue weighted by Gasteiger charge is -2.36. The first kappa shape index (κ1) is 18.4. The van der Waals surface area contributed by atoms with Crippen molar-refractivity contribution >= 4 is 11.8 Å². The molecule has 4 heterocycles. The first-order valence-corrected chi connectivity index (χ1v) is 10.4. The van der Waals surface area contributed by atoms with Gasteiger partial charge in [-0.05, 0) is 30.8 Å². The van der Waals surface area contributed by atoms with E-state index < -0.39 is 0 Å². The Morgan fingerprint density at radius 3 is 2.45 bits per heavy atom. The number of piperazine rings is 2. The molecule has 5 rings (SSSR count). The van der Waals surface area contributed by atoms with E-state index >= 15 is 0 Å². The molecule has 0 bridgehead atoms. The van der Waals surface area contributed by atoms with Crippen molar-refractivity contribution in [2.75, 3.05) is 76.0 Å². The van der Waals surface area contributed by atoms with E-state index in [0.717, 1.165) is 82.2 Å². The van der Waals surface area contributed by atoms with Gasteiger partial charge in [0.25, 0.3) is 0 Å². The Labute approximate surface area is 171 Å². The summed E-state index contributed by atoms with van der Waals surface area (Å²) >= 11 is 0. The summed E-state index contributed by atoms with van der Waals surface area (Å²) in [5.41, 5.74) is 1.27. The number of likely N-dealkylation sites (N-methyl/N-ethyl adjacent to an activating group) is 1. The maximum Gasteiger partial charge on any atom is 0.231 e. The third-order valence-corrected chi connectivity index (χ3v) is 5.95. The van der Waals surface area contributed by atoms with E-state index in [1.54, 1.807) is 0 Å². The van der Waals surface area contributed by atoms with E-state index in [1.807, 2.05) is 18.3 Å². The quantitative estimate of drug-likeness (QED) is 0.766. The molecular formula is C21H28N6O2. The Balaban J connectivity index is 1.18. The fourth-order valence-corrected chi connectivity index (χ4v) is 4.11. The van der Waals surface area contributed by atoms with Crippen molar-refractivity contribution < 1.29 is 9.47 Å². The number of benzene rings is 1. The lowest BCUT2D eigenvalue weighted by molar-refractivity contribution is 0.174. The number of nitrogens with zero attached hydrogens (tertiary/aromatic N) is 6. The molecule has 0 spiro atoms. The third-order valence-electron chi connectivity index (χ3n) is 5.95. The van der Waals surface area contributed by atoms with Gasteiger partial charge in [0, 0.05) is 65.1 Å². The van der Waals surface area contributed by atoms with Gasteiger partial charge in [-0.25, -0.2) is 4.98 Å². The number of anilines is 2. The summed E-state index contributed by atoms with van der Waals surface area (Å²) in [6.07, 6.45) is 1.90. The Morgan fingerprint density at radius 1 is 0.862 bits per heavy atom. The van der Waals surface area contributed by atoms with Crippen LogP contribution in [0.1, 0.15) is 5.56 Å². The van der Waals surface area contributed by atoms with Crippen LogP contribution in [0.25, 0.3) is 0 Å². The molecule has 2 aromatic rings. The molecule has 0 N–H and O–H groups in total. The smallest absolute Gasteiger partial charge is 0.231 e. The number of aromatic nitrogens is 2. The van der Waals surface area contributed by atoms with Crippen molar-refractivity contribution in [2.24, 2.45) is 0 Å². The molecule has 29 heavy (non-hydrogen) atoms. The van der Waals surface area contributed by atoms with Crippen LogP contribution in [0, 0.1) is 0 Å². The largest absolute Gasteiger partial charge is 0.454 e. The van der Waals surface area contributed by atoms with E-state index in [-0.39, 0.29) is 0 Å². The van der Waals surface area contributed by atoms with E-state index in [4.69, 9.17) is 14.5 Å². The van der Waals surface area contributed by atoms with Crippen LogP contribution in [-0.2, 0) is 6.54 Å². The topological polar surface area (TPSA) is 57.2 Å². The van der Waals surface area contributed by atoms with Crippen LogP contribution >= 0.6 is 0 Å². The van der Waals surface area contributed by atoms with E-state index in [2.05, 4.69) is 43.8 Å². The Morgan fingerprint density at radius 2 is 1.62 bits per heavy atom. The Bertz CT molecular complexity index is 847. The standard InChI is InChI=1S/C21H28N6O2/c1-24-6-10-27(11-7-24)21-22-5-4-20(23-21)26-12-8-25(9-13-26)15-17-2-3-18-19(14-17)29-16-28-18/h2-5,14H,6-13,15-16H2,1H3. The zero-order valence-electron chi connectivity index (χ0n) is 17.0. The summed E-state index contributed by atoms with van der Waals surface area (Å²) in [4.78, 5) is 18.9. The fraction of sp³-hybridized carbons (Fsp3) is 0.524. The molecule has 0 unspecified atom stereocenters. The van der Waals surface area contributed by atoms with Crippen molar-refractivity contribution in [3.05, 3.63) is 36.0 Å². The number of fused-ring (bicyclic) bond motifs is 1. The normalized spacial score (nSPS) is 20.3. The lowest BCUT2D eigenvalue weighted by atomic mass is 10.1. The molecule has 1 aromatic carbocycles. The second-order valence-electron chi connectivity index (χ2n) is 7.96. The van der Waals surface area contributed by atoms with Gasteiger partial charge < -0.3 is 24.2 Å². The van der Waals surface area contributed by atoms with Gasteiger partial charge in [-0.1, -0.05) is 6.07 Å². The molecular weight excluding hydrogens is 368 g/mol. The van der Waals surface area contributed by atoms with Gasteiger partial charge in [0.05, 0.1) is 0 Å². The molecule has 1 aromatic heterocycles. The van der Waals surface area contributed by atoms with Gasteiger partial charge in [-0.2, -0.15) is 4.98 Å². The molecule has 2 saturated heterocycles. The van der Waals surface area contributed by atoms with Gasteiger partial charge in [-0.3, -0.25) is 4.90 Å². The third kappa shape index (κ3) is 4.09. The second kappa shape index (κ2) is 8.04. The zero-order valence-corrected chi connectivity index (χ0v) is 17.0. The zero-order chi connectivity index (χ0) is 19.6. The number of hydrogen-bond donors (Lipinski definition) is 0. The number of hydrogen-bond acceptors (Lipinski definition) is 8. The van der Waals surface area contributed by atoms with Crippen LogP contribution in [0.15, 0.2) is 30.5 Å². The molecule has 154 valence electrons. The summed E-state index contributed by atoms with van der Waals surface area (Å²) in [6.45, 7) is 9.34. The molecule has 2 fully saturated rings. The highest BCUT2D eigenvalue weighted by atomic mass is 16.7. The minimum Gasteiger partial charge on any atom is -0.454 e. The summed E-state index contributed by atoms with van der Waals surface area (Å²) in [5.74, 6) is 3.60. The van der Waals surface area contributed by atoms with Crippen molar-refractivity contribution in [1.82, 2.24) is 19.8 Å². The molecule has 8 nitrogen and oxygen atoms in total. The minimum atomic E-state index is 0.326. The monoisotopic (exact) mass is 396 g/mol. The summed E-state index contributed by atoms with van der Waals surface area (Å²) in [6, 6.07) is 8.27. The van der Waals surface area contributed by atoms with Crippen LogP contribution in [0.4, 0.5) is 11.8 Å². The summed E-state index contributed by atoms with van der Waals surface area (Å²) < 4.78 is 10.9. The molecule has 0 amide bonds. The Kier molecular flexibility index (Phi) is 5.12. The summed E-state index contributed by atoms with van der Waals surface area (Å²) in [5, 5.41) is 0. The highest BCUT2D eigenvalue weighted by Gasteiger charge is 2.22. The molecule has 3 aliphatic rings. The van der Waals surface area contributed by atoms with Gasteiger partial charge in [0.2, 0.25) is 12.7 Å². The van der Waals surface area contributed by atoms with Gasteiger partial charge in [0.1, 0.15) is 5.82 Å². The highest BCUT2D eigenvalue weighted by molar-refractivity contribution is 5.45. The van der Waals surface area contributed by atoms with E-state index in [9.17, 15) is 0 Å². The molecule has 3 aliphatic heterocycles. The van der Waals surface area contributed by atoms with E-state index in [0.29, 0.717) is 6.79 Å². The SMILES string of the molecule is CN1CCN(c2nccc(N3CCN(Cc4ccc5c(c4)OCO5)CC3)n2)CC1.